The average molecular weight is 497 g/mol. The smallest absolute Gasteiger partial charge is 0.283 e. The predicted octanol–water partition coefficient (Wildman–Crippen LogP) is 5.58. The van der Waals surface area contributed by atoms with E-state index in [-0.39, 0.29) is 18.0 Å². The van der Waals surface area contributed by atoms with E-state index in [4.69, 9.17) is 14.9 Å². The van der Waals surface area contributed by atoms with Gasteiger partial charge in [0.05, 0.1) is 5.57 Å². The van der Waals surface area contributed by atoms with Crippen molar-refractivity contribution in [2.75, 3.05) is 6.61 Å². The second-order valence-corrected chi connectivity index (χ2v) is 9.36. The summed E-state index contributed by atoms with van der Waals surface area (Å²) in [4.78, 5) is 17.0. The topological polar surface area (TPSA) is 87.3 Å². The number of carbonyl (C=O) groups is 1. The molecule has 180 valence electrons. The Morgan fingerprint density at radius 2 is 1.56 bits per heavy atom. The Balaban J connectivity index is 1.34. The van der Waals surface area contributed by atoms with E-state index < -0.39 is 5.91 Å². The molecule has 0 aliphatic carbocycles. The minimum Gasteiger partial charge on any atom is -0.488 e. The molecule has 1 amide bonds. The summed E-state index contributed by atoms with van der Waals surface area (Å²) < 4.78 is 12.0. The molecule has 5 rings (SSSR count). The SMILES string of the molecule is Cc1ccccc1COc1ccccc1C=C1C(=N)N2N=C(COc3ccccc3C)SC2=NC1=O. The maximum Gasteiger partial charge on any atom is 0.283 e. The van der Waals surface area contributed by atoms with E-state index in [1.165, 1.54) is 16.8 Å². The minimum atomic E-state index is -0.483. The van der Waals surface area contributed by atoms with E-state index in [1.54, 1.807) is 6.08 Å². The van der Waals surface area contributed by atoms with Crippen LogP contribution in [0, 0.1) is 19.3 Å². The summed E-state index contributed by atoms with van der Waals surface area (Å²) in [6.45, 7) is 4.64. The number of benzene rings is 3. The van der Waals surface area contributed by atoms with Crippen LogP contribution < -0.4 is 9.47 Å². The molecule has 3 aromatic rings. The van der Waals surface area contributed by atoms with Crippen LogP contribution in [0.1, 0.15) is 22.3 Å². The summed E-state index contributed by atoms with van der Waals surface area (Å²) >= 11 is 1.23. The molecule has 0 unspecified atom stereocenters. The van der Waals surface area contributed by atoms with Crippen molar-refractivity contribution in [3.05, 3.63) is 101 Å². The van der Waals surface area contributed by atoms with E-state index in [0.717, 1.165) is 22.4 Å². The van der Waals surface area contributed by atoms with Crippen molar-refractivity contribution in [3.8, 4) is 11.5 Å². The number of nitrogens with zero attached hydrogens (tertiary/aromatic N) is 3. The van der Waals surface area contributed by atoms with Crippen LogP contribution >= 0.6 is 11.8 Å². The fourth-order valence-electron chi connectivity index (χ4n) is 3.76. The van der Waals surface area contributed by atoms with Crippen LogP contribution in [0.5, 0.6) is 11.5 Å². The Morgan fingerprint density at radius 1 is 0.889 bits per heavy atom. The van der Waals surface area contributed by atoms with Crippen molar-refractivity contribution in [3.63, 3.8) is 0 Å². The Bertz CT molecular complexity index is 1440. The van der Waals surface area contributed by atoms with Gasteiger partial charge in [0.25, 0.3) is 5.91 Å². The fourth-order valence-corrected chi connectivity index (χ4v) is 4.56. The summed E-state index contributed by atoms with van der Waals surface area (Å²) in [5.74, 6) is 0.873. The number of rotatable bonds is 7. The number of carbonyl (C=O) groups excluding carboxylic acids is 1. The van der Waals surface area contributed by atoms with Crippen molar-refractivity contribution >= 4 is 39.8 Å². The van der Waals surface area contributed by atoms with Gasteiger partial charge in [0.15, 0.2) is 5.84 Å². The van der Waals surface area contributed by atoms with Crippen molar-refractivity contribution in [2.45, 2.75) is 20.5 Å². The molecule has 36 heavy (non-hydrogen) atoms. The van der Waals surface area contributed by atoms with E-state index in [1.807, 2.05) is 86.6 Å². The summed E-state index contributed by atoms with van der Waals surface area (Å²) in [5.41, 5.74) is 4.09. The van der Waals surface area contributed by atoms with Crippen molar-refractivity contribution in [2.24, 2.45) is 10.1 Å². The molecule has 0 aromatic heterocycles. The number of hydrogen-bond donors (Lipinski definition) is 1. The highest BCUT2D eigenvalue weighted by molar-refractivity contribution is 8.27. The minimum absolute atomic E-state index is 0.0305. The van der Waals surface area contributed by atoms with Gasteiger partial charge < -0.3 is 9.47 Å². The third-order valence-corrected chi connectivity index (χ3v) is 6.69. The summed E-state index contributed by atoms with van der Waals surface area (Å²) in [5, 5.41) is 15.5. The predicted molar refractivity (Wildman–Crippen MR) is 144 cm³/mol. The zero-order chi connectivity index (χ0) is 25.1. The monoisotopic (exact) mass is 496 g/mol. The molecule has 2 heterocycles. The number of hydrogen-bond acceptors (Lipinski definition) is 6. The maximum atomic E-state index is 12.9. The zero-order valence-corrected chi connectivity index (χ0v) is 20.7. The van der Waals surface area contributed by atoms with Gasteiger partial charge in [-0.1, -0.05) is 60.7 Å². The molecule has 0 spiro atoms. The van der Waals surface area contributed by atoms with E-state index >= 15 is 0 Å². The molecule has 8 heteroatoms. The number of ether oxygens (including phenoxy) is 2. The lowest BCUT2D eigenvalue weighted by atomic mass is 10.1. The van der Waals surface area contributed by atoms with Gasteiger partial charge in [-0.25, -0.2) is 0 Å². The first-order valence-corrected chi connectivity index (χ1v) is 12.2. The van der Waals surface area contributed by atoms with Crippen LogP contribution in [0.2, 0.25) is 0 Å². The van der Waals surface area contributed by atoms with Crippen LogP contribution in [-0.4, -0.2) is 33.6 Å². The van der Waals surface area contributed by atoms with Gasteiger partial charge in [0.2, 0.25) is 5.17 Å². The molecule has 0 atom stereocenters. The molecule has 3 aromatic carbocycles. The molecule has 2 aliphatic heterocycles. The van der Waals surface area contributed by atoms with Crippen LogP contribution in [0.3, 0.4) is 0 Å². The van der Waals surface area contributed by atoms with Gasteiger partial charge in [-0.2, -0.15) is 15.1 Å². The molecule has 0 radical (unpaired) electrons. The Kier molecular flexibility index (Phi) is 6.69. The Labute approximate surface area is 213 Å². The molecule has 7 nitrogen and oxygen atoms in total. The van der Waals surface area contributed by atoms with Crippen molar-refractivity contribution in [1.82, 2.24) is 5.01 Å². The van der Waals surface area contributed by atoms with Crippen LogP contribution in [0.4, 0.5) is 0 Å². The number of para-hydroxylation sites is 2. The fraction of sp³-hybridized carbons (Fsp3) is 0.143. The normalized spacial score (nSPS) is 16.1. The van der Waals surface area contributed by atoms with Crippen molar-refractivity contribution in [1.29, 1.82) is 5.41 Å². The first-order valence-electron chi connectivity index (χ1n) is 11.4. The van der Waals surface area contributed by atoms with Gasteiger partial charge in [0, 0.05) is 5.56 Å². The highest BCUT2D eigenvalue weighted by Gasteiger charge is 2.36. The summed E-state index contributed by atoms with van der Waals surface area (Å²) in [6, 6.07) is 23.2. The number of nitrogens with one attached hydrogen (secondary N) is 1. The lowest BCUT2D eigenvalue weighted by molar-refractivity contribution is -0.114. The standard InChI is InChI=1S/C28H24N4O3S/c1-18-9-3-5-12-21(18)16-34-24-14-8-6-11-20(24)15-22-26(29)32-28(30-27(22)33)36-25(31-32)17-35-23-13-7-4-10-19(23)2/h3-15,29H,16-17H2,1-2H3. The molecule has 0 saturated carbocycles. The number of aryl methyl sites for hydroxylation is 2. The molecule has 1 N–H and O–H groups in total. The second-order valence-electron chi connectivity index (χ2n) is 8.32. The van der Waals surface area contributed by atoms with Gasteiger partial charge in [-0.3, -0.25) is 10.2 Å². The number of fused-ring (bicyclic) bond motifs is 1. The number of thioether (sulfide) groups is 1. The lowest BCUT2D eigenvalue weighted by Gasteiger charge is -2.20. The van der Waals surface area contributed by atoms with Gasteiger partial charge in [0.1, 0.15) is 29.8 Å². The van der Waals surface area contributed by atoms with Crippen LogP contribution in [-0.2, 0) is 11.4 Å². The van der Waals surface area contributed by atoms with Gasteiger partial charge >= 0.3 is 0 Å². The number of amides is 1. The Hall–Kier alpha value is -4.17. The second kappa shape index (κ2) is 10.2. The third kappa shape index (κ3) is 4.94. The van der Waals surface area contributed by atoms with E-state index in [0.29, 0.717) is 28.1 Å². The average Bonchev–Trinajstić information content (AvgIpc) is 3.29. The zero-order valence-electron chi connectivity index (χ0n) is 19.9. The summed E-state index contributed by atoms with van der Waals surface area (Å²) in [7, 11) is 0. The summed E-state index contributed by atoms with van der Waals surface area (Å²) in [6.07, 6.45) is 1.64. The highest BCUT2D eigenvalue weighted by Crippen LogP contribution is 2.30. The first-order chi connectivity index (χ1) is 17.5. The van der Waals surface area contributed by atoms with Gasteiger partial charge in [-0.05, 0) is 60.5 Å². The lowest BCUT2D eigenvalue weighted by Crippen LogP contribution is -2.35. The van der Waals surface area contributed by atoms with Crippen LogP contribution in [0.25, 0.3) is 6.08 Å². The largest absolute Gasteiger partial charge is 0.488 e. The van der Waals surface area contributed by atoms with E-state index in [9.17, 15) is 4.79 Å². The number of amidine groups is 2. The molecule has 0 fully saturated rings. The highest BCUT2D eigenvalue weighted by atomic mass is 32.2. The maximum absolute atomic E-state index is 12.9. The third-order valence-electron chi connectivity index (χ3n) is 5.80. The molecule has 2 aliphatic rings. The first kappa shape index (κ1) is 23.6. The van der Waals surface area contributed by atoms with Crippen molar-refractivity contribution < 1.29 is 14.3 Å². The Morgan fingerprint density at radius 3 is 2.33 bits per heavy atom. The molecule has 0 bridgehead atoms. The molecule has 0 saturated heterocycles. The number of hydrazone groups is 1. The molecular formula is C28H24N4O3S. The van der Waals surface area contributed by atoms with Crippen LogP contribution in [0.15, 0.2) is 88.5 Å². The molecular weight excluding hydrogens is 472 g/mol. The quantitative estimate of drug-likeness (QED) is 0.432. The van der Waals surface area contributed by atoms with E-state index in [2.05, 4.69) is 10.1 Å². The number of aliphatic imine (C=N–C) groups is 1. The van der Waals surface area contributed by atoms with Gasteiger partial charge in [-0.15, -0.1) is 0 Å².